The quantitative estimate of drug-likeness (QED) is 0.641. The van der Waals surface area contributed by atoms with E-state index in [2.05, 4.69) is 9.97 Å². The van der Waals surface area contributed by atoms with Crippen molar-refractivity contribution in [2.45, 2.75) is 24.3 Å². The van der Waals surface area contributed by atoms with Crippen molar-refractivity contribution in [1.82, 2.24) is 14.9 Å². The number of benzene rings is 1. The summed E-state index contributed by atoms with van der Waals surface area (Å²) < 4.78 is 0. The number of aromatic nitrogens is 2. The molecule has 7 heteroatoms. The van der Waals surface area contributed by atoms with Crippen LogP contribution in [0.15, 0.2) is 41.7 Å². The number of nitrogen functional groups attached to an aromatic ring is 1. The van der Waals surface area contributed by atoms with Crippen molar-refractivity contribution in [3.05, 3.63) is 47.7 Å². The van der Waals surface area contributed by atoms with Gasteiger partial charge in [0.1, 0.15) is 22.7 Å². The number of carbonyl (C=O) groups is 1. The van der Waals surface area contributed by atoms with Crippen LogP contribution in [-0.2, 0) is 4.79 Å². The maximum atomic E-state index is 12.9. The summed E-state index contributed by atoms with van der Waals surface area (Å²) in [5, 5.41) is 8.83. The van der Waals surface area contributed by atoms with E-state index < -0.39 is 5.25 Å². The lowest BCUT2D eigenvalue weighted by Crippen LogP contribution is -2.33. The van der Waals surface area contributed by atoms with Crippen molar-refractivity contribution in [1.29, 1.82) is 5.26 Å². The van der Waals surface area contributed by atoms with E-state index >= 15 is 0 Å². The second-order valence-electron chi connectivity index (χ2n) is 4.98. The zero-order chi connectivity index (χ0) is 17.5. The number of nitriles is 1. The van der Waals surface area contributed by atoms with Crippen molar-refractivity contribution < 1.29 is 4.79 Å². The van der Waals surface area contributed by atoms with Crippen molar-refractivity contribution in [2.75, 3.05) is 18.8 Å². The second kappa shape index (κ2) is 8.31. The molecule has 1 atom stereocenters. The van der Waals surface area contributed by atoms with Gasteiger partial charge in [-0.2, -0.15) is 5.26 Å². The Labute approximate surface area is 145 Å². The lowest BCUT2D eigenvalue weighted by Gasteiger charge is -2.24. The van der Waals surface area contributed by atoms with Crippen molar-refractivity contribution in [2.24, 2.45) is 0 Å². The minimum atomic E-state index is -0.460. The number of likely N-dealkylation sites (N-methyl/N-ethyl adjacent to an activating group) is 1. The first-order valence-corrected chi connectivity index (χ1v) is 8.51. The molecule has 1 heterocycles. The molecule has 0 aliphatic carbocycles. The molecule has 124 valence electrons. The number of hydrogen-bond acceptors (Lipinski definition) is 6. The van der Waals surface area contributed by atoms with Gasteiger partial charge in [-0.05, 0) is 19.4 Å². The number of amides is 1. The first-order valence-electron chi connectivity index (χ1n) is 7.63. The van der Waals surface area contributed by atoms with Crippen LogP contribution in [0.3, 0.4) is 0 Å². The molecule has 1 amide bonds. The molecule has 0 saturated carbocycles. The van der Waals surface area contributed by atoms with E-state index in [4.69, 9.17) is 11.0 Å². The molecule has 0 aliphatic heterocycles. The summed E-state index contributed by atoms with van der Waals surface area (Å²) >= 11 is 1.24. The number of thioether (sulfide) groups is 1. The van der Waals surface area contributed by atoms with Crippen LogP contribution >= 0.6 is 11.8 Å². The predicted octanol–water partition coefficient (Wildman–Crippen LogP) is 2.63. The van der Waals surface area contributed by atoms with Crippen LogP contribution < -0.4 is 5.73 Å². The number of nitrogens with zero attached hydrogens (tertiary/aromatic N) is 4. The Hall–Kier alpha value is -2.59. The van der Waals surface area contributed by atoms with E-state index in [-0.39, 0.29) is 17.3 Å². The van der Waals surface area contributed by atoms with Gasteiger partial charge in [0, 0.05) is 13.1 Å². The van der Waals surface area contributed by atoms with Crippen LogP contribution in [0.1, 0.15) is 30.2 Å². The molecular weight excluding hydrogens is 322 g/mol. The fourth-order valence-corrected chi connectivity index (χ4v) is 3.23. The highest BCUT2D eigenvalue weighted by Gasteiger charge is 2.26. The van der Waals surface area contributed by atoms with Gasteiger partial charge in [0.05, 0.1) is 6.20 Å². The lowest BCUT2D eigenvalue weighted by molar-refractivity contribution is -0.130. The zero-order valence-corrected chi connectivity index (χ0v) is 14.5. The van der Waals surface area contributed by atoms with E-state index in [1.807, 2.05) is 50.2 Å². The van der Waals surface area contributed by atoms with E-state index in [1.54, 1.807) is 4.90 Å². The maximum absolute atomic E-state index is 12.9. The summed E-state index contributed by atoms with van der Waals surface area (Å²) in [6, 6.07) is 11.4. The highest BCUT2D eigenvalue weighted by atomic mass is 32.2. The van der Waals surface area contributed by atoms with Crippen LogP contribution in [0.4, 0.5) is 5.82 Å². The van der Waals surface area contributed by atoms with Crippen LogP contribution in [0.25, 0.3) is 0 Å². The third-order valence-corrected chi connectivity index (χ3v) is 4.66. The molecule has 0 aliphatic rings. The number of rotatable bonds is 6. The molecule has 1 aromatic carbocycles. The predicted molar refractivity (Wildman–Crippen MR) is 94.1 cm³/mol. The molecule has 2 N–H and O–H groups in total. The first kappa shape index (κ1) is 17.8. The Bertz CT molecular complexity index is 740. The Kier molecular flexibility index (Phi) is 6.15. The molecule has 0 bridgehead atoms. The van der Waals surface area contributed by atoms with Crippen LogP contribution in [-0.4, -0.2) is 33.9 Å². The molecular formula is C17H19N5OS. The Morgan fingerprint density at radius 3 is 2.54 bits per heavy atom. The molecule has 0 spiro atoms. The topological polar surface area (TPSA) is 95.9 Å². The maximum Gasteiger partial charge on any atom is 0.240 e. The monoisotopic (exact) mass is 341 g/mol. The molecule has 1 aromatic heterocycles. The Morgan fingerprint density at radius 1 is 1.33 bits per heavy atom. The molecule has 2 aromatic rings. The highest BCUT2D eigenvalue weighted by Crippen LogP contribution is 2.35. The summed E-state index contributed by atoms with van der Waals surface area (Å²) in [5.41, 5.74) is 6.86. The normalized spacial score (nSPS) is 11.5. The number of carbonyl (C=O) groups excluding carboxylic acids is 1. The highest BCUT2D eigenvalue weighted by molar-refractivity contribution is 8.00. The molecule has 24 heavy (non-hydrogen) atoms. The molecule has 6 nitrogen and oxygen atoms in total. The minimum absolute atomic E-state index is 0.00253. The van der Waals surface area contributed by atoms with Crippen LogP contribution in [0, 0.1) is 11.3 Å². The zero-order valence-electron chi connectivity index (χ0n) is 13.6. The summed E-state index contributed by atoms with van der Waals surface area (Å²) in [6.07, 6.45) is 1.38. The van der Waals surface area contributed by atoms with Gasteiger partial charge in [-0.25, -0.2) is 9.97 Å². The van der Waals surface area contributed by atoms with Crippen molar-refractivity contribution in [3.63, 3.8) is 0 Å². The number of nitrogens with two attached hydrogens (primary N) is 1. The van der Waals surface area contributed by atoms with Crippen LogP contribution in [0.2, 0.25) is 0 Å². The van der Waals surface area contributed by atoms with Gasteiger partial charge in [0.2, 0.25) is 5.91 Å². The smallest absolute Gasteiger partial charge is 0.240 e. The molecule has 0 unspecified atom stereocenters. The molecule has 0 fully saturated rings. The summed E-state index contributed by atoms with van der Waals surface area (Å²) in [7, 11) is 0. The Balaban J connectivity index is 2.35. The van der Waals surface area contributed by atoms with E-state index in [9.17, 15) is 4.79 Å². The van der Waals surface area contributed by atoms with Crippen molar-refractivity contribution >= 4 is 23.5 Å². The third-order valence-electron chi connectivity index (χ3n) is 3.54. The summed E-state index contributed by atoms with van der Waals surface area (Å²) in [4.78, 5) is 22.9. The van der Waals surface area contributed by atoms with Gasteiger partial charge in [0.25, 0.3) is 0 Å². The number of anilines is 1. The summed E-state index contributed by atoms with van der Waals surface area (Å²) in [5.74, 6) is 0.125. The van der Waals surface area contributed by atoms with Crippen LogP contribution in [0.5, 0.6) is 0 Å². The molecule has 0 saturated heterocycles. The average Bonchev–Trinajstić information content (AvgIpc) is 2.61. The molecule has 0 radical (unpaired) electrons. The van der Waals surface area contributed by atoms with E-state index in [0.29, 0.717) is 18.2 Å². The van der Waals surface area contributed by atoms with Gasteiger partial charge in [0.15, 0.2) is 5.16 Å². The standard InChI is InChI=1S/C17H19N5OS/c1-3-22(4-2)16(23)14(12-8-6-5-7-9-12)24-17-20-11-13(10-18)15(19)21-17/h5-9,11,14H,3-4H2,1-2H3,(H2,19,20,21)/t14-/m0/s1. The van der Waals surface area contributed by atoms with Gasteiger partial charge in [-0.1, -0.05) is 42.1 Å². The van der Waals surface area contributed by atoms with E-state index in [0.717, 1.165) is 5.56 Å². The number of hydrogen-bond donors (Lipinski definition) is 1. The Morgan fingerprint density at radius 2 is 2.00 bits per heavy atom. The van der Waals surface area contributed by atoms with Gasteiger partial charge in [-0.15, -0.1) is 0 Å². The minimum Gasteiger partial charge on any atom is -0.382 e. The average molecular weight is 341 g/mol. The fraction of sp³-hybridized carbons (Fsp3) is 0.294. The fourth-order valence-electron chi connectivity index (χ4n) is 2.22. The lowest BCUT2D eigenvalue weighted by atomic mass is 10.1. The summed E-state index contributed by atoms with van der Waals surface area (Å²) in [6.45, 7) is 5.17. The second-order valence-corrected chi connectivity index (χ2v) is 6.05. The largest absolute Gasteiger partial charge is 0.382 e. The third kappa shape index (κ3) is 4.03. The van der Waals surface area contributed by atoms with E-state index in [1.165, 1.54) is 18.0 Å². The SMILES string of the molecule is CCN(CC)C(=O)[C@@H](Sc1ncc(C#N)c(N)n1)c1ccccc1. The first-order chi connectivity index (χ1) is 11.6. The molecule has 2 rings (SSSR count). The van der Waals surface area contributed by atoms with Gasteiger partial charge < -0.3 is 10.6 Å². The van der Waals surface area contributed by atoms with Crippen molar-refractivity contribution in [3.8, 4) is 6.07 Å². The van der Waals surface area contributed by atoms with Gasteiger partial charge in [-0.3, -0.25) is 4.79 Å². The van der Waals surface area contributed by atoms with Gasteiger partial charge >= 0.3 is 0 Å².